The van der Waals surface area contributed by atoms with Gasteiger partial charge in [-0.15, -0.1) is 0 Å². The van der Waals surface area contributed by atoms with Crippen LogP contribution in [0.5, 0.6) is 0 Å². The zero-order valence-corrected chi connectivity index (χ0v) is 14.5. The van der Waals surface area contributed by atoms with E-state index in [0.29, 0.717) is 10.7 Å². The molecule has 6 nitrogen and oxygen atoms in total. The maximum absolute atomic E-state index is 13.2. The molecule has 1 fully saturated rings. The minimum Gasteiger partial charge on any atom is -0.444 e. The molecule has 0 bridgehead atoms. The molecule has 1 aliphatic rings. The Morgan fingerprint density at radius 1 is 1.42 bits per heavy atom. The van der Waals surface area contributed by atoms with Crippen LogP contribution >= 0.6 is 11.5 Å². The van der Waals surface area contributed by atoms with Crippen molar-refractivity contribution < 1.29 is 22.7 Å². The van der Waals surface area contributed by atoms with Crippen molar-refractivity contribution in [3.05, 3.63) is 6.20 Å². The number of carbonyl (C=O) groups excluding carboxylic acids is 1. The Morgan fingerprint density at radius 2 is 2.08 bits per heavy atom. The van der Waals surface area contributed by atoms with Crippen molar-refractivity contribution >= 4 is 28.3 Å². The van der Waals surface area contributed by atoms with Crippen molar-refractivity contribution in [2.45, 2.75) is 45.0 Å². The average molecular weight is 366 g/mol. The van der Waals surface area contributed by atoms with Crippen LogP contribution in [0.15, 0.2) is 6.20 Å². The monoisotopic (exact) mass is 366 g/mol. The maximum Gasteiger partial charge on any atom is 0.407 e. The zero-order chi connectivity index (χ0) is 18.1. The van der Waals surface area contributed by atoms with Crippen molar-refractivity contribution in [2.24, 2.45) is 5.92 Å². The minimum absolute atomic E-state index is 0.196. The molecule has 0 spiro atoms. The Balaban J connectivity index is 2.13. The van der Waals surface area contributed by atoms with Gasteiger partial charge in [0.25, 0.3) is 0 Å². The highest BCUT2D eigenvalue weighted by Crippen LogP contribution is 2.37. The number of ether oxygens (including phenoxy) is 1. The van der Waals surface area contributed by atoms with Crippen LogP contribution in [-0.4, -0.2) is 41.4 Å². The number of halogens is 3. The summed E-state index contributed by atoms with van der Waals surface area (Å²) in [6.45, 7) is 5.09. The van der Waals surface area contributed by atoms with E-state index in [-0.39, 0.29) is 19.5 Å². The van der Waals surface area contributed by atoms with E-state index in [1.54, 1.807) is 20.8 Å². The lowest BCUT2D eigenvalue weighted by Crippen LogP contribution is -2.54. The smallest absolute Gasteiger partial charge is 0.407 e. The summed E-state index contributed by atoms with van der Waals surface area (Å²) in [6, 6.07) is -0.693. The predicted molar refractivity (Wildman–Crippen MR) is 86.1 cm³/mol. The van der Waals surface area contributed by atoms with E-state index in [1.807, 2.05) is 0 Å². The van der Waals surface area contributed by atoms with Crippen LogP contribution in [0.2, 0.25) is 0 Å². The van der Waals surface area contributed by atoms with Crippen LogP contribution in [0.25, 0.3) is 0 Å². The van der Waals surface area contributed by atoms with E-state index in [0.717, 1.165) is 11.5 Å². The molecule has 1 aromatic rings. The van der Waals surface area contributed by atoms with Crippen molar-refractivity contribution in [1.82, 2.24) is 9.69 Å². The van der Waals surface area contributed by atoms with E-state index >= 15 is 0 Å². The molecule has 1 saturated heterocycles. The van der Waals surface area contributed by atoms with E-state index in [4.69, 9.17) is 10.5 Å². The zero-order valence-electron chi connectivity index (χ0n) is 13.7. The van der Waals surface area contributed by atoms with Gasteiger partial charge in [0.05, 0.1) is 23.8 Å². The number of aromatic nitrogens is 1. The number of anilines is 2. The number of amides is 1. The molecule has 2 rings (SSSR count). The molecule has 3 N–H and O–H groups in total. The largest absolute Gasteiger partial charge is 0.444 e. The first-order valence-corrected chi connectivity index (χ1v) is 8.24. The van der Waals surface area contributed by atoms with E-state index in [2.05, 4.69) is 9.69 Å². The van der Waals surface area contributed by atoms with Crippen molar-refractivity contribution in [1.29, 1.82) is 0 Å². The number of carbonyl (C=O) groups is 1. The summed E-state index contributed by atoms with van der Waals surface area (Å²) in [6.07, 6.45) is -3.87. The van der Waals surface area contributed by atoms with Crippen LogP contribution in [-0.2, 0) is 4.74 Å². The lowest BCUT2D eigenvalue weighted by molar-refractivity contribution is -0.177. The summed E-state index contributed by atoms with van der Waals surface area (Å²) < 4.78 is 48.7. The highest BCUT2D eigenvalue weighted by Gasteiger charge is 2.45. The summed E-state index contributed by atoms with van der Waals surface area (Å²) in [5, 5.41) is 3.02. The number of nitrogens with two attached hydrogens (primary N) is 1. The van der Waals surface area contributed by atoms with Gasteiger partial charge in [-0.1, -0.05) is 0 Å². The standard InChI is InChI=1S/C14H21F3N4O2S/c1-13(2,3)23-12(22)20-9-4-8(14(15,16)17)6-21(7-9)11-10(18)5-19-24-11/h5,8-9H,4,6-7,18H2,1-3H3,(H,20,22)/t8-,9?/m1/s1. The molecule has 1 amide bonds. The normalized spacial score (nSPS) is 22.3. The van der Waals surface area contributed by atoms with Gasteiger partial charge in [-0.05, 0) is 38.7 Å². The number of nitrogens with one attached hydrogen (secondary N) is 1. The van der Waals surface area contributed by atoms with Gasteiger partial charge in [0.15, 0.2) is 0 Å². The average Bonchev–Trinajstić information content (AvgIpc) is 2.81. The molecule has 1 aromatic heterocycles. The number of rotatable bonds is 2. The van der Waals surface area contributed by atoms with E-state index in [9.17, 15) is 18.0 Å². The molecule has 24 heavy (non-hydrogen) atoms. The van der Waals surface area contributed by atoms with Gasteiger partial charge in [-0.3, -0.25) is 0 Å². The molecule has 1 aliphatic heterocycles. The van der Waals surface area contributed by atoms with Gasteiger partial charge in [-0.2, -0.15) is 17.5 Å². The molecule has 10 heteroatoms. The van der Waals surface area contributed by atoms with Crippen LogP contribution in [0.4, 0.5) is 28.7 Å². The first-order valence-electron chi connectivity index (χ1n) is 7.47. The third-order valence-electron chi connectivity index (χ3n) is 3.50. The molecule has 0 aromatic carbocycles. The highest BCUT2D eigenvalue weighted by atomic mass is 32.1. The third kappa shape index (κ3) is 4.89. The maximum atomic E-state index is 13.2. The number of piperidine rings is 1. The third-order valence-corrected chi connectivity index (χ3v) is 4.38. The molecular formula is C14H21F3N4O2S. The van der Waals surface area contributed by atoms with Crippen LogP contribution < -0.4 is 16.0 Å². The fraction of sp³-hybridized carbons (Fsp3) is 0.714. The Hall–Kier alpha value is -1.71. The predicted octanol–water partition coefficient (Wildman–Crippen LogP) is 3.01. The Bertz CT molecular complexity index is 585. The lowest BCUT2D eigenvalue weighted by atomic mass is 9.94. The number of alkyl carbamates (subject to hydrolysis) is 1. The van der Waals surface area contributed by atoms with Crippen molar-refractivity contribution in [3.8, 4) is 0 Å². The lowest BCUT2D eigenvalue weighted by Gasteiger charge is -2.39. The van der Waals surface area contributed by atoms with Crippen molar-refractivity contribution in [2.75, 3.05) is 23.7 Å². The Kier molecular flexibility index (Phi) is 5.17. The fourth-order valence-corrected chi connectivity index (χ4v) is 3.25. The number of alkyl halides is 3. The molecule has 0 aliphatic carbocycles. The Labute approximate surface area is 142 Å². The topological polar surface area (TPSA) is 80.5 Å². The molecule has 0 radical (unpaired) electrons. The summed E-state index contributed by atoms with van der Waals surface area (Å²) in [5.74, 6) is -1.56. The summed E-state index contributed by atoms with van der Waals surface area (Å²) in [4.78, 5) is 13.4. The molecular weight excluding hydrogens is 345 g/mol. The fourth-order valence-electron chi connectivity index (χ4n) is 2.56. The minimum atomic E-state index is -4.36. The van der Waals surface area contributed by atoms with Crippen molar-refractivity contribution in [3.63, 3.8) is 0 Å². The number of hydrogen-bond acceptors (Lipinski definition) is 6. The first kappa shape index (κ1) is 18.6. The van der Waals surface area contributed by atoms with Gasteiger partial charge in [0, 0.05) is 13.1 Å². The van der Waals surface area contributed by atoms with Crippen LogP contribution in [0.3, 0.4) is 0 Å². The Morgan fingerprint density at radius 3 is 2.58 bits per heavy atom. The van der Waals surface area contributed by atoms with Gasteiger partial charge < -0.3 is 20.7 Å². The number of hydrogen-bond donors (Lipinski definition) is 2. The second-order valence-electron chi connectivity index (χ2n) is 6.81. The molecule has 2 heterocycles. The molecule has 0 saturated carbocycles. The van der Waals surface area contributed by atoms with Crippen LogP contribution in [0, 0.1) is 5.92 Å². The van der Waals surface area contributed by atoms with Crippen LogP contribution in [0.1, 0.15) is 27.2 Å². The van der Waals surface area contributed by atoms with Gasteiger partial charge in [0.2, 0.25) is 0 Å². The molecule has 1 unspecified atom stereocenters. The SMILES string of the molecule is CC(C)(C)OC(=O)NC1C[C@@H](C(F)(F)F)CN(c2sncc2N)C1. The van der Waals surface area contributed by atoms with E-state index < -0.39 is 29.8 Å². The second kappa shape index (κ2) is 6.66. The van der Waals surface area contributed by atoms with Gasteiger partial charge in [-0.25, -0.2) is 4.79 Å². The van der Waals surface area contributed by atoms with E-state index in [1.165, 1.54) is 11.1 Å². The highest BCUT2D eigenvalue weighted by molar-refractivity contribution is 7.10. The number of nitrogens with zero attached hydrogens (tertiary/aromatic N) is 2. The van der Waals surface area contributed by atoms with Gasteiger partial charge >= 0.3 is 12.3 Å². The number of nitrogen functional groups attached to an aromatic ring is 1. The summed E-state index contributed by atoms with van der Waals surface area (Å²) >= 11 is 1.04. The summed E-state index contributed by atoms with van der Waals surface area (Å²) in [7, 11) is 0. The quantitative estimate of drug-likeness (QED) is 0.841. The molecule has 136 valence electrons. The summed E-state index contributed by atoms with van der Waals surface area (Å²) in [5.41, 5.74) is 5.38. The first-order chi connectivity index (χ1) is 11.0. The van der Waals surface area contributed by atoms with Gasteiger partial charge in [0.1, 0.15) is 10.6 Å². The molecule has 2 atom stereocenters. The second-order valence-corrected chi connectivity index (χ2v) is 7.59.